The van der Waals surface area contributed by atoms with E-state index in [4.69, 9.17) is 0 Å². The fraction of sp³-hybridized carbons (Fsp3) is 0.231. The Hall–Kier alpha value is -2.50. The van der Waals surface area contributed by atoms with E-state index in [0.29, 0.717) is 5.69 Å². The Bertz CT molecular complexity index is 539. The van der Waals surface area contributed by atoms with E-state index in [1.807, 2.05) is 31.2 Å². The highest BCUT2D eigenvalue weighted by Crippen LogP contribution is 2.20. The largest absolute Gasteiger partial charge is 0.453 e. The summed E-state index contributed by atoms with van der Waals surface area (Å²) in [6.45, 7) is 2.02. The van der Waals surface area contributed by atoms with Crippen LogP contribution in [-0.4, -0.2) is 23.4 Å². The van der Waals surface area contributed by atoms with Crippen molar-refractivity contribution in [1.29, 1.82) is 0 Å². The number of anilines is 2. The maximum absolute atomic E-state index is 11.1. The topological polar surface area (TPSA) is 79.0 Å². The summed E-state index contributed by atoms with van der Waals surface area (Å²) < 4.78 is 4.55. The molecule has 6 heteroatoms. The van der Waals surface area contributed by atoms with Gasteiger partial charge in [-0.3, -0.25) is 10.4 Å². The van der Waals surface area contributed by atoms with Crippen LogP contribution >= 0.6 is 0 Å². The molecule has 0 saturated heterocycles. The van der Waals surface area contributed by atoms with Crippen LogP contribution < -0.4 is 10.6 Å². The van der Waals surface area contributed by atoms with E-state index >= 15 is 0 Å². The molecule has 0 radical (unpaired) electrons. The molecule has 0 saturated carbocycles. The van der Waals surface area contributed by atoms with Gasteiger partial charge in [0.1, 0.15) is 0 Å². The zero-order valence-electron chi connectivity index (χ0n) is 10.8. The molecule has 1 atom stereocenters. The van der Waals surface area contributed by atoms with Crippen LogP contribution in [0.4, 0.5) is 16.2 Å². The maximum Gasteiger partial charge on any atom is 0.411 e. The molecule has 0 aliphatic heterocycles. The van der Waals surface area contributed by atoms with Gasteiger partial charge in [0.25, 0.3) is 0 Å². The Labute approximate surface area is 111 Å². The average molecular weight is 260 g/mol. The molecule has 3 N–H and O–H groups in total. The number of ether oxygens (including phenoxy) is 1. The van der Waals surface area contributed by atoms with E-state index < -0.39 is 6.09 Å². The molecule has 1 aromatic carbocycles. The van der Waals surface area contributed by atoms with Crippen LogP contribution in [0.3, 0.4) is 0 Å². The molecule has 2 aromatic rings. The Balaban J connectivity index is 2.04. The SMILES string of the molecule is COC(=O)Nc1cccc(NC(C)c2ccn[nH]2)c1. The number of carbonyl (C=O) groups excluding carboxylic acids is 1. The van der Waals surface area contributed by atoms with Gasteiger partial charge in [0.15, 0.2) is 0 Å². The van der Waals surface area contributed by atoms with Gasteiger partial charge in [0.05, 0.1) is 18.8 Å². The molecular formula is C13H16N4O2. The molecule has 1 amide bonds. The molecule has 0 fully saturated rings. The Morgan fingerprint density at radius 3 is 2.84 bits per heavy atom. The molecule has 6 nitrogen and oxygen atoms in total. The summed E-state index contributed by atoms with van der Waals surface area (Å²) in [4.78, 5) is 11.1. The molecular weight excluding hydrogens is 244 g/mol. The standard InChI is InChI=1S/C13H16N4O2/c1-9(12-6-7-14-17-12)15-10-4-3-5-11(8-10)16-13(18)19-2/h3-9,15H,1-2H3,(H,14,17)(H,16,18). The highest BCUT2D eigenvalue weighted by Gasteiger charge is 2.07. The van der Waals surface area contributed by atoms with Crippen molar-refractivity contribution in [2.45, 2.75) is 13.0 Å². The first-order valence-corrected chi connectivity index (χ1v) is 5.90. The van der Waals surface area contributed by atoms with Crippen molar-refractivity contribution in [3.05, 3.63) is 42.2 Å². The summed E-state index contributed by atoms with van der Waals surface area (Å²) >= 11 is 0. The van der Waals surface area contributed by atoms with E-state index in [-0.39, 0.29) is 6.04 Å². The van der Waals surface area contributed by atoms with Gasteiger partial charge in [0.2, 0.25) is 0 Å². The molecule has 0 bridgehead atoms. The first-order chi connectivity index (χ1) is 9.19. The van der Waals surface area contributed by atoms with E-state index in [2.05, 4.69) is 25.6 Å². The van der Waals surface area contributed by atoms with Gasteiger partial charge in [-0.1, -0.05) is 6.07 Å². The lowest BCUT2D eigenvalue weighted by Crippen LogP contribution is -2.11. The van der Waals surface area contributed by atoms with Gasteiger partial charge in [-0.05, 0) is 31.2 Å². The van der Waals surface area contributed by atoms with Crippen LogP contribution in [0.15, 0.2) is 36.5 Å². The van der Waals surface area contributed by atoms with Gasteiger partial charge < -0.3 is 10.1 Å². The minimum Gasteiger partial charge on any atom is -0.453 e. The van der Waals surface area contributed by atoms with Crippen LogP contribution in [0.25, 0.3) is 0 Å². The number of methoxy groups -OCH3 is 1. The van der Waals surface area contributed by atoms with Crippen molar-refractivity contribution in [3.8, 4) is 0 Å². The minimum absolute atomic E-state index is 0.0934. The number of hydrogen-bond donors (Lipinski definition) is 3. The summed E-state index contributed by atoms with van der Waals surface area (Å²) in [6.07, 6.45) is 1.22. The zero-order valence-corrected chi connectivity index (χ0v) is 10.8. The lowest BCUT2D eigenvalue weighted by atomic mass is 10.2. The van der Waals surface area contributed by atoms with Crippen molar-refractivity contribution < 1.29 is 9.53 Å². The van der Waals surface area contributed by atoms with Gasteiger partial charge in [-0.2, -0.15) is 5.10 Å². The predicted molar refractivity (Wildman–Crippen MR) is 73.1 cm³/mol. The number of benzene rings is 1. The highest BCUT2D eigenvalue weighted by atomic mass is 16.5. The van der Waals surface area contributed by atoms with Gasteiger partial charge >= 0.3 is 6.09 Å². The number of H-pyrrole nitrogens is 1. The average Bonchev–Trinajstić information content (AvgIpc) is 2.93. The lowest BCUT2D eigenvalue weighted by molar-refractivity contribution is 0.187. The molecule has 1 aromatic heterocycles. The van der Waals surface area contributed by atoms with Crippen LogP contribution in [-0.2, 0) is 4.74 Å². The van der Waals surface area contributed by atoms with E-state index in [9.17, 15) is 4.79 Å². The second-order valence-corrected chi connectivity index (χ2v) is 4.08. The van der Waals surface area contributed by atoms with Gasteiger partial charge in [-0.25, -0.2) is 4.79 Å². The summed E-state index contributed by atoms with van der Waals surface area (Å²) in [7, 11) is 1.33. The van der Waals surface area contributed by atoms with Crippen LogP contribution in [0, 0.1) is 0 Å². The number of hydrogen-bond acceptors (Lipinski definition) is 4. The normalized spacial score (nSPS) is 11.7. The van der Waals surface area contributed by atoms with Crippen molar-refractivity contribution in [1.82, 2.24) is 10.2 Å². The molecule has 1 unspecified atom stereocenters. The minimum atomic E-state index is -0.487. The number of aromatic nitrogens is 2. The molecule has 0 aliphatic carbocycles. The van der Waals surface area contributed by atoms with Crippen LogP contribution in [0.2, 0.25) is 0 Å². The Kier molecular flexibility index (Phi) is 4.02. The highest BCUT2D eigenvalue weighted by molar-refractivity contribution is 5.85. The number of carbonyl (C=O) groups is 1. The Morgan fingerprint density at radius 2 is 2.16 bits per heavy atom. The van der Waals surface area contributed by atoms with Crippen molar-refractivity contribution in [2.75, 3.05) is 17.7 Å². The first-order valence-electron chi connectivity index (χ1n) is 5.90. The fourth-order valence-corrected chi connectivity index (χ4v) is 1.69. The second-order valence-electron chi connectivity index (χ2n) is 4.08. The number of rotatable bonds is 4. The quantitative estimate of drug-likeness (QED) is 0.789. The van der Waals surface area contributed by atoms with E-state index in [1.165, 1.54) is 7.11 Å². The fourth-order valence-electron chi connectivity index (χ4n) is 1.69. The summed E-state index contributed by atoms with van der Waals surface area (Å²) in [5.41, 5.74) is 2.57. The third-order valence-electron chi connectivity index (χ3n) is 2.67. The predicted octanol–water partition coefficient (Wildman–Crippen LogP) is 2.76. The first kappa shape index (κ1) is 12.9. The third kappa shape index (κ3) is 3.48. The van der Waals surface area contributed by atoms with E-state index in [0.717, 1.165) is 11.4 Å². The summed E-state index contributed by atoms with van der Waals surface area (Å²) in [6, 6.07) is 9.42. The molecule has 19 heavy (non-hydrogen) atoms. The number of aromatic amines is 1. The Morgan fingerprint density at radius 1 is 1.37 bits per heavy atom. The van der Waals surface area contributed by atoms with Gasteiger partial charge in [-0.15, -0.1) is 0 Å². The number of nitrogens with one attached hydrogen (secondary N) is 3. The third-order valence-corrected chi connectivity index (χ3v) is 2.67. The molecule has 0 aliphatic rings. The summed E-state index contributed by atoms with van der Waals surface area (Å²) in [5, 5.41) is 12.8. The van der Waals surface area contributed by atoms with Crippen molar-refractivity contribution in [3.63, 3.8) is 0 Å². The second kappa shape index (κ2) is 5.90. The lowest BCUT2D eigenvalue weighted by Gasteiger charge is -2.14. The maximum atomic E-state index is 11.1. The molecule has 1 heterocycles. The number of nitrogens with zero attached hydrogens (tertiary/aromatic N) is 1. The van der Waals surface area contributed by atoms with Crippen LogP contribution in [0.5, 0.6) is 0 Å². The molecule has 0 spiro atoms. The molecule has 2 rings (SSSR count). The van der Waals surface area contributed by atoms with Crippen molar-refractivity contribution in [2.24, 2.45) is 0 Å². The monoisotopic (exact) mass is 260 g/mol. The smallest absolute Gasteiger partial charge is 0.411 e. The van der Waals surface area contributed by atoms with E-state index in [1.54, 1.807) is 12.3 Å². The van der Waals surface area contributed by atoms with Crippen LogP contribution in [0.1, 0.15) is 18.7 Å². The number of amides is 1. The summed E-state index contributed by atoms with van der Waals surface area (Å²) in [5.74, 6) is 0. The zero-order chi connectivity index (χ0) is 13.7. The molecule has 100 valence electrons. The van der Waals surface area contributed by atoms with Gasteiger partial charge in [0, 0.05) is 17.6 Å². The van der Waals surface area contributed by atoms with Crippen molar-refractivity contribution >= 4 is 17.5 Å².